The van der Waals surface area contributed by atoms with Crippen molar-refractivity contribution in [3.63, 3.8) is 0 Å². The number of benzene rings is 1. The van der Waals surface area contributed by atoms with Gasteiger partial charge in [-0.25, -0.2) is 0 Å². The normalized spacial score (nSPS) is 20.5. The van der Waals surface area contributed by atoms with Crippen molar-refractivity contribution in [1.82, 2.24) is 15.5 Å². The zero-order chi connectivity index (χ0) is 19.7. The first-order valence-corrected chi connectivity index (χ1v) is 9.32. The summed E-state index contributed by atoms with van der Waals surface area (Å²) in [5.74, 6) is -0.750. The van der Waals surface area contributed by atoms with E-state index < -0.39 is 11.9 Å². The van der Waals surface area contributed by atoms with E-state index in [9.17, 15) is 19.2 Å². The molecule has 0 bridgehead atoms. The van der Waals surface area contributed by atoms with Crippen molar-refractivity contribution in [3.8, 4) is 0 Å². The lowest BCUT2D eigenvalue weighted by Crippen LogP contribution is -2.52. The van der Waals surface area contributed by atoms with E-state index in [4.69, 9.17) is 0 Å². The molecule has 2 unspecified atom stereocenters. The molecule has 0 radical (unpaired) electrons. The fourth-order valence-electron chi connectivity index (χ4n) is 3.36. The summed E-state index contributed by atoms with van der Waals surface area (Å²) in [6.07, 6.45) is 0.586. The van der Waals surface area contributed by atoms with Crippen molar-refractivity contribution in [2.24, 2.45) is 11.8 Å². The average Bonchev–Trinajstić information content (AvgIpc) is 2.95. The van der Waals surface area contributed by atoms with Crippen molar-refractivity contribution in [2.45, 2.75) is 52.7 Å². The molecule has 2 aliphatic heterocycles. The highest BCUT2D eigenvalue weighted by atomic mass is 16.2. The third-order valence-corrected chi connectivity index (χ3v) is 5.47. The fraction of sp³-hybridized carbons (Fsp3) is 0.500. The Morgan fingerprint density at radius 2 is 2.00 bits per heavy atom. The third kappa shape index (κ3) is 3.86. The predicted molar refractivity (Wildman–Crippen MR) is 98.3 cm³/mol. The predicted octanol–water partition coefficient (Wildman–Crippen LogP) is 1.36. The first-order valence-electron chi connectivity index (χ1n) is 9.32. The first kappa shape index (κ1) is 19.1. The summed E-state index contributed by atoms with van der Waals surface area (Å²) in [5, 5.41) is 5.21. The van der Waals surface area contributed by atoms with Crippen LogP contribution in [0.5, 0.6) is 0 Å². The molecule has 0 saturated carbocycles. The molecule has 1 aromatic rings. The summed E-state index contributed by atoms with van der Waals surface area (Å²) >= 11 is 0. The summed E-state index contributed by atoms with van der Waals surface area (Å²) in [4.78, 5) is 49.8. The van der Waals surface area contributed by atoms with Gasteiger partial charge in [-0.15, -0.1) is 0 Å². The van der Waals surface area contributed by atoms with Crippen LogP contribution in [-0.2, 0) is 27.5 Å². The maximum atomic E-state index is 12.8. The molecule has 1 aromatic carbocycles. The highest BCUT2D eigenvalue weighted by Crippen LogP contribution is 2.28. The second-order valence-electron chi connectivity index (χ2n) is 7.64. The van der Waals surface area contributed by atoms with E-state index >= 15 is 0 Å². The lowest BCUT2D eigenvalue weighted by molar-refractivity contribution is -0.137. The maximum absolute atomic E-state index is 12.8. The van der Waals surface area contributed by atoms with Gasteiger partial charge in [0, 0.05) is 31.0 Å². The van der Waals surface area contributed by atoms with Gasteiger partial charge < -0.3 is 10.2 Å². The minimum absolute atomic E-state index is 0.0120. The van der Waals surface area contributed by atoms with Gasteiger partial charge in [-0.2, -0.15) is 0 Å². The van der Waals surface area contributed by atoms with Gasteiger partial charge in [-0.05, 0) is 29.5 Å². The molecule has 144 valence electrons. The zero-order valence-electron chi connectivity index (χ0n) is 15.9. The molecule has 1 fully saturated rings. The van der Waals surface area contributed by atoms with Gasteiger partial charge in [0.15, 0.2) is 0 Å². The number of imide groups is 1. The molecule has 0 aliphatic carbocycles. The average molecular weight is 371 g/mol. The molecule has 1 saturated heterocycles. The van der Waals surface area contributed by atoms with Crippen LogP contribution in [0.15, 0.2) is 18.2 Å². The number of nitrogens with one attached hydrogen (secondary N) is 2. The molecule has 0 spiro atoms. The largest absolute Gasteiger partial charge is 0.352 e. The lowest BCUT2D eigenvalue weighted by atomic mass is 9.97. The van der Waals surface area contributed by atoms with Crippen LogP contribution in [0.1, 0.15) is 55.1 Å². The number of nitrogens with zero attached hydrogens (tertiary/aromatic N) is 1. The molecular formula is C20H25N3O4. The summed E-state index contributed by atoms with van der Waals surface area (Å²) in [5.41, 5.74) is 2.26. The molecule has 7 nitrogen and oxygen atoms in total. The SMILES string of the molecule is CC(C)C(C)C(=O)NCc1ccc2c(c1)C(=O)N(C1CCC(=O)NC1=O)C2. The summed E-state index contributed by atoms with van der Waals surface area (Å²) in [7, 11) is 0. The van der Waals surface area contributed by atoms with Crippen molar-refractivity contribution in [2.75, 3.05) is 0 Å². The van der Waals surface area contributed by atoms with Gasteiger partial charge in [0.25, 0.3) is 5.91 Å². The Balaban J connectivity index is 1.68. The molecule has 2 N–H and O–H groups in total. The van der Waals surface area contributed by atoms with E-state index in [1.165, 1.54) is 4.90 Å². The lowest BCUT2D eigenvalue weighted by Gasteiger charge is -2.29. The molecule has 3 rings (SSSR count). The van der Waals surface area contributed by atoms with E-state index in [1.54, 1.807) is 6.07 Å². The van der Waals surface area contributed by atoms with Crippen LogP contribution in [-0.4, -0.2) is 34.6 Å². The molecule has 2 heterocycles. The molecule has 2 aliphatic rings. The highest BCUT2D eigenvalue weighted by Gasteiger charge is 2.39. The van der Waals surface area contributed by atoms with E-state index in [2.05, 4.69) is 10.6 Å². The molecule has 2 atom stereocenters. The van der Waals surface area contributed by atoms with Crippen molar-refractivity contribution in [3.05, 3.63) is 34.9 Å². The highest BCUT2D eigenvalue weighted by molar-refractivity contribution is 6.05. The van der Waals surface area contributed by atoms with Crippen LogP contribution in [0, 0.1) is 11.8 Å². The Hall–Kier alpha value is -2.70. The van der Waals surface area contributed by atoms with Crippen LogP contribution in [0.25, 0.3) is 0 Å². The zero-order valence-corrected chi connectivity index (χ0v) is 15.9. The van der Waals surface area contributed by atoms with E-state index in [-0.39, 0.29) is 36.0 Å². The van der Waals surface area contributed by atoms with Gasteiger partial charge in [0.05, 0.1) is 0 Å². The summed E-state index contributed by atoms with van der Waals surface area (Å²) in [6.45, 7) is 6.61. The van der Waals surface area contributed by atoms with Crippen LogP contribution < -0.4 is 10.6 Å². The Kier molecular flexibility index (Phi) is 5.30. The van der Waals surface area contributed by atoms with E-state index in [1.807, 2.05) is 32.9 Å². The molecular weight excluding hydrogens is 346 g/mol. The molecule has 7 heteroatoms. The quantitative estimate of drug-likeness (QED) is 0.764. The number of carbonyl (C=O) groups excluding carboxylic acids is 4. The number of rotatable bonds is 5. The second kappa shape index (κ2) is 7.50. The number of carbonyl (C=O) groups is 4. The van der Waals surface area contributed by atoms with Gasteiger partial charge in [0.1, 0.15) is 6.04 Å². The third-order valence-electron chi connectivity index (χ3n) is 5.47. The van der Waals surface area contributed by atoms with Crippen LogP contribution >= 0.6 is 0 Å². The maximum Gasteiger partial charge on any atom is 0.255 e. The fourth-order valence-corrected chi connectivity index (χ4v) is 3.36. The standard InChI is InChI=1S/C20H25N3O4/c1-11(2)12(3)18(25)21-9-13-4-5-14-10-23(20(27)15(14)8-13)16-6-7-17(24)22-19(16)26/h4-5,8,11-12,16H,6-7,9-10H2,1-3H3,(H,21,25)(H,22,24,26). The number of hydrogen-bond donors (Lipinski definition) is 2. The molecule has 0 aromatic heterocycles. The Labute approximate surface area is 158 Å². The Morgan fingerprint density at radius 3 is 2.67 bits per heavy atom. The Bertz CT molecular complexity index is 802. The second-order valence-corrected chi connectivity index (χ2v) is 7.64. The summed E-state index contributed by atoms with van der Waals surface area (Å²) in [6, 6.07) is 4.93. The van der Waals surface area contributed by atoms with Crippen LogP contribution in [0.3, 0.4) is 0 Å². The van der Waals surface area contributed by atoms with Crippen molar-refractivity contribution >= 4 is 23.6 Å². The van der Waals surface area contributed by atoms with Gasteiger partial charge in [-0.1, -0.05) is 32.9 Å². The van der Waals surface area contributed by atoms with Gasteiger partial charge in [-0.3, -0.25) is 24.5 Å². The van der Waals surface area contributed by atoms with E-state index in [0.717, 1.165) is 11.1 Å². The summed E-state index contributed by atoms with van der Waals surface area (Å²) < 4.78 is 0. The molecule has 4 amide bonds. The number of amides is 4. The number of piperidine rings is 1. The molecule has 27 heavy (non-hydrogen) atoms. The van der Waals surface area contributed by atoms with Crippen LogP contribution in [0.2, 0.25) is 0 Å². The topological polar surface area (TPSA) is 95.6 Å². The van der Waals surface area contributed by atoms with Gasteiger partial charge >= 0.3 is 0 Å². The minimum atomic E-state index is -0.613. The number of hydrogen-bond acceptors (Lipinski definition) is 4. The van der Waals surface area contributed by atoms with E-state index in [0.29, 0.717) is 25.1 Å². The minimum Gasteiger partial charge on any atom is -0.352 e. The smallest absolute Gasteiger partial charge is 0.255 e. The number of fused-ring (bicyclic) bond motifs is 1. The van der Waals surface area contributed by atoms with Crippen molar-refractivity contribution in [1.29, 1.82) is 0 Å². The van der Waals surface area contributed by atoms with Crippen molar-refractivity contribution < 1.29 is 19.2 Å². The van der Waals surface area contributed by atoms with Crippen LogP contribution in [0.4, 0.5) is 0 Å². The van der Waals surface area contributed by atoms with Gasteiger partial charge in [0.2, 0.25) is 17.7 Å². The first-order chi connectivity index (χ1) is 12.8. The monoisotopic (exact) mass is 371 g/mol. The Morgan fingerprint density at radius 1 is 1.26 bits per heavy atom.